The molecule has 0 aromatic rings. The summed E-state index contributed by atoms with van der Waals surface area (Å²) in [5.74, 6) is 0. The second-order valence-electron chi connectivity index (χ2n) is 4.37. The molecule has 0 amide bonds. The van der Waals surface area contributed by atoms with Crippen LogP contribution < -0.4 is 5.73 Å². The van der Waals surface area contributed by atoms with E-state index in [1.807, 2.05) is 6.92 Å². The van der Waals surface area contributed by atoms with E-state index >= 15 is 0 Å². The van der Waals surface area contributed by atoms with Crippen LogP contribution in [0.4, 0.5) is 0 Å². The maximum atomic E-state index is 8.95. The van der Waals surface area contributed by atoms with Gasteiger partial charge in [-0.3, -0.25) is 0 Å². The van der Waals surface area contributed by atoms with Crippen molar-refractivity contribution in [1.82, 2.24) is 0 Å². The lowest BCUT2D eigenvalue weighted by molar-refractivity contribution is 0.157. The van der Waals surface area contributed by atoms with E-state index < -0.39 is 0 Å². The van der Waals surface area contributed by atoms with Gasteiger partial charge in [0.25, 0.3) is 0 Å². The van der Waals surface area contributed by atoms with Gasteiger partial charge in [0.05, 0.1) is 0 Å². The third kappa shape index (κ3) is 4.63. The number of rotatable bonds is 7. The number of hydrogen-bond acceptors (Lipinski definition) is 2. The number of unbranched alkanes of at least 4 members (excludes halogenated alkanes) is 2. The van der Waals surface area contributed by atoms with Crippen LogP contribution in [-0.2, 0) is 0 Å². The summed E-state index contributed by atoms with van der Waals surface area (Å²) in [6, 6.07) is 0.177. The lowest BCUT2D eigenvalue weighted by Crippen LogP contribution is -2.37. The smallest absolute Gasteiger partial charge is 0.0436 e. The summed E-state index contributed by atoms with van der Waals surface area (Å²) in [5, 5.41) is 8.95. The standard InChI is InChI=1S/C11H25NO/c1-4-5-6-7-11(3,8-9-13)10(2)12/h10,13H,4-9,12H2,1-3H3. The Kier molecular flexibility index (Phi) is 6.35. The van der Waals surface area contributed by atoms with Gasteiger partial charge in [-0.1, -0.05) is 33.1 Å². The van der Waals surface area contributed by atoms with Gasteiger partial charge in [-0.2, -0.15) is 0 Å². The molecule has 0 bridgehead atoms. The molecule has 2 unspecified atom stereocenters. The van der Waals surface area contributed by atoms with Crippen molar-refractivity contribution in [2.75, 3.05) is 6.61 Å². The van der Waals surface area contributed by atoms with Gasteiger partial charge in [0, 0.05) is 12.6 Å². The first-order chi connectivity index (χ1) is 6.06. The van der Waals surface area contributed by atoms with Crippen LogP contribution in [0, 0.1) is 5.41 Å². The summed E-state index contributed by atoms with van der Waals surface area (Å²) in [6.07, 6.45) is 5.71. The van der Waals surface area contributed by atoms with Crippen LogP contribution in [0.2, 0.25) is 0 Å². The molecule has 3 N–H and O–H groups in total. The lowest BCUT2D eigenvalue weighted by Gasteiger charge is -2.33. The van der Waals surface area contributed by atoms with E-state index in [0.717, 1.165) is 12.8 Å². The van der Waals surface area contributed by atoms with Crippen LogP contribution in [0.3, 0.4) is 0 Å². The van der Waals surface area contributed by atoms with Crippen LogP contribution in [0.25, 0.3) is 0 Å². The molecule has 0 aliphatic carbocycles. The van der Waals surface area contributed by atoms with Crippen molar-refractivity contribution < 1.29 is 5.11 Å². The van der Waals surface area contributed by atoms with Gasteiger partial charge in [-0.15, -0.1) is 0 Å². The lowest BCUT2D eigenvalue weighted by atomic mass is 9.76. The molecule has 0 rings (SSSR count). The maximum Gasteiger partial charge on any atom is 0.0436 e. The first-order valence-corrected chi connectivity index (χ1v) is 5.43. The molecule has 13 heavy (non-hydrogen) atoms. The van der Waals surface area contributed by atoms with Crippen LogP contribution in [-0.4, -0.2) is 17.8 Å². The summed E-state index contributed by atoms with van der Waals surface area (Å²) in [7, 11) is 0. The van der Waals surface area contributed by atoms with Gasteiger partial charge in [0.15, 0.2) is 0 Å². The average Bonchev–Trinajstić information content (AvgIpc) is 2.05. The Labute approximate surface area is 82.5 Å². The highest BCUT2D eigenvalue weighted by molar-refractivity contribution is 4.82. The molecule has 2 nitrogen and oxygen atoms in total. The van der Waals surface area contributed by atoms with Crippen molar-refractivity contribution in [2.45, 2.75) is 58.9 Å². The molecule has 2 heteroatoms. The van der Waals surface area contributed by atoms with Gasteiger partial charge in [-0.25, -0.2) is 0 Å². The van der Waals surface area contributed by atoms with Gasteiger partial charge >= 0.3 is 0 Å². The predicted molar refractivity (Wildman–Crippen MR) is 57.6 cm³/mol. The monoisotopic (exact) mass is 187 g/mol. The first-order valence-electron chi connectivity index (χ1n) is 5.43. The Morgan fingerprint density at radius 2 is 1.92 bits per heavy atom. The van der Waals surface area contributed by atoms with Gasteiger partial charge in [-0.05, 0) is 25.2 Å². The van der Waals surface area contributed by atoms with Crippen LogP contribution in [0.1, 0.15) is 52.9 Å². The molecule has 0 aromatic carbocycles. The highest BCUT2D eigenvalue weighted by Gasteiger charge is 2.27. The van der Waals surface area contributed by atoms with Crippen LogP contribution in [0.15, 0.2) is 0 Å². The highest BCUT2D eigenvalue weighted by Crippen LogP contribution is 2.31. The van der Waals surface area contributed by atoms with E-state index in [2.05, 4.69) is 13.8 Å². The molecule has 80 valence electrons. The van der Waals surface area contributed by atoms with E-state index in [4.69, 9.17) is 10.8 Å². The quantitative estimate of drug-likeness (QED) is 0.601. The molecular formula is C11H25NO. The summed E-state index contributed by atoms with van der Waals surface area (Å²) >= 11 is 0. The van der Waals surface area contributed by atoms with Gasteiger partial charge < -0.3 is 10.8 Å². The van der Waals surface area contributed by atoms with Crippen LogP contribution >= 0.6 is 0 Å². The molecule has 0 aliphatic heterocycles. The normalized spacial score (nSPS) is 18.2. The Bertz CT molecular complexity index is 125. The molecule has 2 atom stereocenters. The van der Waals surface area contributed by atoms with Crippen molar-refractivity contribution in [2.24, 2.45) is 11.1 Å². The molecule has 0 aliphatic rings. The van der Waals surface area contributed by atoms with E-state index in [1.54, 1.807) is 0 Å². The predicted octanol–water partition coefficient (Wildman–Crippen LogP) is 2.30. The number of nitrogens with two attached hydrogens (primary N) is 1. The Hall–Kier alpha value is -0.0800. The minimum absolute atomic E-state index is 0.129. The molecule has 0 spiro atoms. The largest absolute Gasteiger partial charge is 0.396 e. The van der Waals surface area contributed by atoms with Crippen molar-refractivity contribution in [3.63, 3.8) is 0 Å². The number of hydrogen-bond donors (Lipinski definition) is 2. The third-order valence-corrected chi connectivity index (χ3v) is 3.13. The fraction of sp³-hybridized carbons (Fsp3) is 1.00. The molecule has 0 saturated carbocycles. The molecular weight excluding hydrogens is 162 g/mol. The van der Waals surface area contributed by atoms with Crippen molar-refractivity contribution in [3.8, 4) is 0 Å². The van der Waals surface area contributed by atoms with Gasteiger partial charge in [0.1, 0.15) is 0 Å². The SMILES string of the molecule is CCCCCC(C)(CCO)C(C)N. The van der Waals surface area contributed by atoms with Crippen molar-refractivity contribution >= 4 is 0 Å². The summed E-state index contributed by atoms with van der Waals surface area (Å²) in [4.78, 5) is 0. The number of aliphatic hydroxyl groups is 1. The Morgan fingerprint density at radius 1 is 1.31 bits per heavy atom. The fourth-order valence-corrected chi connectivity index (χ4v) is 1.61. The average molecular weight is 187 g/mol. The minimum Gasteiger partial charge on any atom is -0.396 e. The Morgan fingerprint density at radius 3 is 2.31 bits per heavy atom. The topological polar surface area (TPSA) is 46.2 Å². The summed E-state index contributed by atoms with van der Waals surface area (Å²) in [5.41, 5.74) is 6.06. The van der Waals surface area contributed by atoms with Gasteiger partial charge in [0.2, 0.25) is 0 Å². The van der Waals surface area contributed by atoms with E-state index in [9.17, 15) is 0 Å². The molecule has 0 fully saturated rings. The molecule has 0 radical (unpaired) electrons. The first kappa shape index (κ1) is 12.9. The van der Waals surface area contributed by atoms with E-state index in [-0.39, 0.29) is 18.1 Å². The number of aliphatic hydroxyl groups excluding tert-OH is 1. The summed E-state index contributed by atoms with van der Waals surface area (Å²) in [6.45, 7) is 6.69. The second kappa shape index (κ2) is 6.39. The fourth-order valence-electron chi connectivity index (χ4n) is 1.61. The minimum atomic E-state index is 0.129. The zero-order valence-corrected chi connectivity index (χ0v) is 9.34. The highest BCUT2D eigenvalue weighted by atomic mass is 16.3. The van der Waals surface area contributed by atoms with E-state index in [1.165, 1.54) is 19.3 Å². The molecule has 0 aromatic heterocycles. The zero-order valence-electron chi connectivity index (χ0n) is 9.34. The van der Waals surface area contributed by atoms with Crippen LogP contribution in [0.5, 0.6) is 0 Å². The molecule has 0 saturated heterocycles. The van der Waals surface area contributed by atoms with Crippen molar-refractivity contribution in [3.05, 3.63) is 0 Å². The summed E-state index contributed by atoms with van der Waals surface area (Å²) < 4.78 is 0. The second-order valence-corrected chi connectivity index (χ2v) is 4.37. The van der Waals surface area contributed by atoms with E-state index in [0.29, 0.717) is 0 Å². The zero-order chi connectivity index (χ0) is 10.3. The maximum absolute atomic E-state index is 8.95. The van der Waals surface area contributed by atoms with Crippen molar-refractivity contribution in [1.29, 1.82) is 0 Å². The Balaban J connectivity index is 3.92. The molecule has 0 heterocycles. The third-order valence-electron chi connectivity index (χ3n) is 3.13.